The van der Waals surface area contributed by atoms with Crippen molar-refractivity contribution in [3.05, 3.63) is 40.8 Å². The maximum Gasteiger partial charge on any atom is 0.341 e. The number of anilines is 1. The van der Waals surface area contributed by atoms with Crippen molar-refractivity contribution in [2.75, 3.05) is 25.0 Å². The lowest BCUT2D eigenvalue weighted by molar-refractivity contribution is -0.118. The van der Waals surface area contributed by atoms with Gasteiger partial charge in [-0.15, -0.1) is 11.3 Å². The van der Waals surface area contributed by atoms with Gasteiger partial charge < -0.3 is 10.1 Å². The average molecular weight is 429 g/mol. The van der Waals surface area contributed by atoms with Crippen LogP contribution in [-0.4, -0.2) is 42.5 Å². The first-order valence-electron chi connectivity index (χ1n) is 10.9. The van der Waals surface area contributed by atoms with E-state index in [1.807, 2.05) is 36.6 Å². The number of thiophene rings is 1. The fourth-order valence-corrected chi connectivity index (χ4v) is 5.07. The highest BCUT2D eigenvalue weighted by Gasteiger charge is 2.25. The summed E-state index contributed by atoms with van der Waals surface area (Å²) < 4.78 is 5.30. The Balaban J connectivity index is 1.79. The minimum atomic E-state index is -0.399. The molecular weight excluding hydrogens is 396 g/mol. The van der Waals surface area contributed by atoms with Gasteiger partial charge in [0, 0.05) is 17.0 Å². The number of benzene rings is 1. The molecule has 2 aromatic rings. The smallest absolute Gasteiger partial charge is 0.341 e. The second kappa shape index (κ2) is 10.7. The number of likely N-dealkylation sites (N-methyl/N-ethyl adjacent to an activating group) is 1. The summed E-state index contributed by atoms with van der Waals surface area (Å²) in [7, 11) is 0. The van der Waals surface area contributed by atoms with E-state index in [1.165, 1.54) is 30.6 Å². The lowest BCUT2D eigenvalue weighted by Gasteiger charge is -2.32. The third-order valence-electron chi connectivity index (χ3n) is 5.73. The molecule has 1 aromatic carbocycles. The Morgan fingerprint density at radius 2 is 1.83 bits per heavy atom. The second-order valence-corrected chi connectivity index (χ2v) is 8.72. The number of aryl methyl sites for hydroxylation is 1. The SMILES string of the molecule is CCOC(=O)c1c(-c2ccc(C)cc2)csc1NC(=O)CN(CC)C1CCCCC1. The van der Waals surface area contributed by atoms with Crippen LogP contribution in [0.25, 0.3) is 11.1 Å². The highest BCUT2D eigenvalue weighted by Crippen LogP contribution is 2.36. The molecule has 1 N–H and O–H groups in total. The number of esters is 1. The molecule has 6 heteroatoms. The number of rotatable bonds is 8. The van der Waals surface area contributed by atoms with Crippen molar-refractivity contribution in [1.29, 1.82) is 0 Å². The van der Waals surface area contributed by atoms with Crippen LogP contribution in [0, 0.1) is 6.92 Å². The molecule has 0 atom stereocenters. The quantitative estimate of drug-likeness (QED) is 0.565. The van der Waals surface area contributed by atoms with Crippen molar-refractivity contribution in [2.24, 2.45) is 0 Å². The minimum absolute atomic E-state index is 0.0784. The molecule has 1 amide bonds. The molecule has 0 spiro atoms. The van der Waals surface area contributed by atoms with E-state index < -0.39 is 5.97 Å². The maximum atomic E-state index is 12.8. The van der Waals surface area contributed by atoms with Gasteiger partial charge in [0.2, 0.25) is 5.91 Å². The Kier molecular flexibility index (Phi) is 8.05. The molecule has 3 rings (SSSR count). The molecule has 5 nitrogen and oxygen atoms in total. The molecule has 1 aromatic heterocycles. The van der Waals surface area contributed by atoms with Crippen LogP contribution in [0.2, 0.25) is 0 Å². The van der Waals surface area contributed by atoms with Crippen LogP contribution < -0.4 is 5.32 Å². The molecule has 0 unspecified atom stereocenters. The van der Waals surface area contributed by atoms with Crippen molar-refractivity contribution in [2.45, 2.75) is 58.9 Å². The van der Waals surface area contributed by atoms with E-state index in [1.54, 1.807) is 6.92 Å². The Morgan fingerprint density at radius 3 is 2.47 bits per heavy atom. The van der Waals surface area contributed by atoms with Crippen LogP contribution in [0.5, 0.6) is 0 Å². The summed E-state index contributed by atoms with van der Waals surface area (Å²) in [5.74, 6) is -0.477. The van der Waals surface area contributed by atoms with Crippen LogP contribution in [0.4, 0.5) is 5.00 Å². The number of hydrogen-bond acceptors (Lipinski definition) is 5. The van der Waals surface area contributed by atoms with Gasteiger partial charge in [-0.25, -0.2) is 4.79 Å². The Hall–Kier alpha value is -2.18. The summed E-state index contributed by atoms with van der Waals surface area (Å²) in [6.45, 7) is 7.41. The van der Waals surface area contributed by atoms with Gasteiger partial charge in [-0.2, -0.15) is 0 Å². The van der Waals surface area contributed by atoms with E-state index in [0.29, 0.717) is 29.8 Å². The fourth-order valence-electron chi connectivity index (χ4n) is 4.10. The maximum absolute atomic E-state index is 12.8. The number of amides is 1. The lowest BCUT2D eigenvalue weighted by Crippen LogP contribution is -2.41. The van der Waals surface area contributed by atoms with Crippen LogP contribution in [-0.2, 0) is 9.53 Å². The topological polar surface area (TPSA) is 58.6 Å². The first-order chi connectivity index (χ1) is 14.5. The van der Waals surface area contributed by atoms with Gasteiger partial charge in [0.05, 0.1) is 13.2 Å². The molecule has 0 saturated heterocycles. The van der Waals surface area contributed by atoms with Gasteiger partial charge >= 0.3 is 5.97 Å². The monoisotopic (exact) mass is 428 g/mol. The standard InChI is InChI=1S/C24H32N2O3S/c1-4-26(19-9-7-6-8-10-19)15-21(27)25-23-22(24(28)29-5-2)20(16-30-23)18-13-11-17(3)12-14-18/h11-14,16,19H,4-10,15H2,1-3H3,(H,25,27). The Labute approximate surface area is 183 Å². The number of carbonyl (C=O) groups is 2. The third kappa shape index (κ3) is 5.49. The second-order valence-electron chi connectivity index (χ2n) is 7.84. The summed E-state index contributed by atoms with van der Waals surface area (Å²) in [4.78, 5) is 27.8. The molecule has 162 valence electrons. The summed E-state index contributed by atoms with van der Waals surface area (Å²) in [5.41, 5.74) is 3.34. The molecular formula is C24H32N2O3S. The predicted molar refractivity (Wildman–Crippen MR) is 123 cm³/mol. The summed E-state index contributed by atoms with van der Waals surface area (Å²) in [5, 5.41) is 5.48. The molecule has 1 aliphatic rings. The molecule has 1 heterocycles. The summed E-state index contributed by atoms with van der Waals surface area (Å²) >= 11 is 1.38. The molecule has 30 heavy (non-hydrogen) atoms. The van der Waals surface area contributed by atoms with Crippen LogP contribution in [0.1, 0.15) is 61.9 Å². The molecule has 0 radical (unpaired) electrons. The molecule has 0 aliphatic heterocycles. The van der Waals surface area contributed by atoms with E-state index in [9.17, 15) is 9.59 Å². The summed E-state index contributed by atoms with van der Waals surface area (Å²) in [6.07, 6.45) is 6.08. The van der Waals surface area contributed by atoms with Crippen molar-refractivity contribution in [1.82, 2.24) is 4.90 Å². The van der Waals surface area contributed by atoms with Crippen LogP contribution in [0.15, 0.2) is 29.6 Å². The van der Waals surface area contributed by atoms with Gasteiger partial charge in [0.15, 0.2) is 0 Å². The third-order valence-corrected chi connectivity index (χ3v) is 6.63. The van der Waals surface area contributed by atoms with E-state index >= 15 is 0 Å². The highest BCUT2D eigenvalue weighted by atomic mass is 32.1. The number of hydrogen-bond donors (Lipinski definition) is 1. The fraction of sp³-hybridized carbons (Fsp3) is 0.500. The number of nitrogens with one attached hydrogen (secondary N) is 1. The zero-order chi connectivity index (χ0) is 21.5. The number of nitrogens with zero attached hydrogens (tertiary/aromatic N) is 1. The highest BCUT2D eigenvalue weighted by molar-refractivity contribution is 7.15. The number of ether oxygens (including phenoxy) is 1. The lowest BCUT2D eigenvalue weighted by atomic mass is 9.94. The van der Waals surface area contributed by atoms with Crippen molar-refractivity contribution in [3.8, 4) is 11.1 Å². The van der Waals surface area contributed by atoms with E-state index in [0.717, 1.165) is 36.1 Å². The molecule has 0 bridgehead atoms. The normalized spacial score (nSPS) is 14.7. The van der Waals surface area contributed by atoms with Gasteiger partial charge in [-0.3, -0.25) is 9.69 Å². The zero-order valence-corrected chi connectivity index (χ0v) is 19.0. The predicted octanol–water partition coefficient (Wildman–Crippen LogP) is 5.49. The van der Waals surface area contributed by atoms with E-state index in [4.69, 9.17) is 4.74 Å². The van der Waals surface area contributed by atoms with Gasteiger partial charge in [-0.05, 0) is 38.8 Å². The van der Waals surface area contributed by atoms with E-state index in [2.05, 4.69) is 17.1 Å². The first kappa shape index (κ1) is 22.5. The van der Waals surface area contributed by atoms with Gasteiger partial charge in [0.25, 0.3) is 0 Å². The van der Waals surface area contributed by atoms with Crippen LogP contribution >= 0.6 is 11.3 Å². The summed E-state index contributed by atoms with van der Waals surface area (Å²) in [6, 6.07) is 8.50. The van der Waals surface area contributed by atoms with Crippen molar-refractivity contribution in [3.63, 3.8) is 0 Å². The zero-order valence-electron chi connectivity index (χ0n) is 18.2. The van der Waals surface area contributed by atoms with Crippen LogP contribution in [0.3, 0.4) is 0 Å². The molecule has 1 saturated carbocycles. The van der Waals surface area contributed by atoms with Crippen molar-refractivity contribution < 1.29 is 14.3 Å². The largest absolute Gasteiger partial charge is 0.462 e. The van der Waals surface area contributed by atoms with Gasteiger partial charge in [0.1, 0.15) is 10.6 Å². The molecule has 1 aliphatic carbocycles. The minimum Gasteiger partial charge on any atom is -0.462 e. The number of carbonyl (C=O) groups excluding carboxylic acids is 2. The van der Waals surface area contributed by atoms with Gasteiger partial charge in [-0.1, -0.05) is 56.0 Å². The average Bonchev–Trinajstić information content (AvgIpc) is 3.16. The first-order valence-corrected chi connectivity index (χ1v) is 11.8. The van der Waals surface area contributed by atoms with Crippen molar-refractivity contribution >= 4 is 28.2 Å². The Morgan fingerprint density at radius 1 is 1.13 bits per heavy atom. The Bertz CT molecular complexity index is 854. The van der Waals surface area contributed by atoms with E-state index in [-0.39, 0.29) is 5.91 Å². The molecule has 1 fully saturated rings.